The molecule has 1 atom stereocenters. The Morgan fingerprint density at radius 2 is 2.41 bits per heavy atom. The van der Waals surface area contributed by atoms with E-state index in [1.807, 2.05) is 7.05 Å². The molecule has 4 nitrogen and oxygen atoms in total. The number of nitrogens with zero attached hydrogens (tertiary/aromatic N) is 3. The van der Waals surface area contributed by atoms with Gasteiger partial charge in [0.05, 0.1) is 9.17 Å². The summed E-state index contributed by atoms with van der Waals surface area (Å²) in [5.74, 6) is 1.07. The summed E-state index contributed by atoms with van der Waals surface area (Å²) in [4.78, 5) is 11.1. The molecule has 1 aliphatic rings. The number of aromatic nitrogens is 2. The summed E-state index contributed by atoms with van der Waals surface area (Å²) in [6.45, 7) is 2.09. The van der Waals surface area contributed by atoms with Crippen molar-refractivity contribution in [1.82, 2.24) is 15.3 Å². The van der Waals surface area contributed by atoms with Gasteiger partial charge in [-0.1, -0.05) is 0 Å². The molecule has 1 N–H and O–H groups in total. The van der Waals surface area contributed by atoms with Gasteiger partial charge in [0.1, 0.15) is 17.7 Å². The molecule has 0 saturated carbocycles. The maximum atomic E-state index is 4.45. The predicted octanol–water partition coefficient (Wildman–Crippen LogP) is 2.25. The highest BCUT2D eigenvalue weighted by atomic mass is 79.9. The third-order valence-corrected chi connectivity index (χ3v) is 5.06. The molecule has 0 amide bonds. The molecule has 0 unspecified atom stereocenters. The Balaban J connectivity index is 2.00. The Morgan fingerprint density at radius 3 is 3.18 bits per heavy atom. The third kappa shape index (κ3) is 1.94. The van der Waals surface area contributed by atoms with Crippen LogP contribution in [0.4, 0.5) is 5.82 Å². The van der Waals surface area contributed by atoms with Crippen LogP contribution < -0.4 is 10.2 Å². The van der Waals surface area contributed by atoms with Crippen LogP contribution in [-0.2, 0) is 0 Å². The van der Waals surface area contributed by atoms with Crippen molar-refractivity contribution in [3.05, 3.63) is 16.2 Å². The van der Waals surface area contributed by atoms with Gasteiger partial charge in [0.25, 0.3) is 0 Å². The third-order valence-electron chi connectivity index (χ3n) is 3.19. The molecule has 0 spiro atoms. The fourth-order valence-electron chi connectivity index (χ4n) is 2.22. The van der Waals surface area contributed by atoms with E-state index < -0.39 is 0 Å². The lowest BCUT2D eigenvalue weighted by Gasteiger charge is -2.17. The number of hydrogen-bond acceptors (Lipinski definition) is 5. The van der Waals surface area contributed by atoms with Crippen molar-refractivity contribution in [3.8, 4) is 0 Å². The van der Waals surface area contributed by atoms with Crippen molar-refractivity contribution in [1.29, 1.82) is 0 Å². The van der Waals surface area contributed by atoms with Gasteiger partial charge in [-0.3, -0.25) is 0 Å². The lowest BCUT2D eigenvalue weighted by molar-refractivity contribution is 0.616. The maximum absolute atomic E-state index is 4.45. The Kier molecular flexibility index (Phi) is 3.02. The van der Waals surface area contributed by atoms with Gasteiger partial charge >= 0.3 is 0 Å². The molecule has 6 heteroatoms. The summed E-state index contributed by atoms with van der Waals surface area (Å²) in [7, 11) is 2.02. The topological polar surface area (TPSA) is 41.0 Å². The van der Waals surface area contributed by atoms with Crippen molar-refractivity contribution in [3.63, 3.8) is 0 Å². The van der Waals surface area contributed by atoms with Crippen LogP contribution >= 0.6 is 27.3 Å². The Labute approximate surface area is 112 Å². The molecule has 90 valence electrons. The highest BCUT2D eigenvalue weighted by Crippen LogP contribution is 2.35. The van der Waals surface area contributed by atoms with Crippen LogP contribution in [0.5, 0.6) is 0 Å². The first-order chi connectivity index (χ1) is 8.29. The highest BCUT2D eigenvalue weighted by molar-refractivity contribution is 9.10. The Morgan fingerprint density at radius 1 is 1.53 bits per heavy atom. The van der Waals surface area contributed by atoms with E-state index in [0.717, 1.165) is 28.9 Å². The number of thiophene rings is 1. The van der Waals surface area contributed by atoms with Crippen LogP contribution in [0.15, 0.2) is 16.2 Å². The van der Waals surface area contributed by atoms with Crippen molar-refractivity contribution < 1.29 is 0 Å². The zero-order valence-corrected chi connectivity index (χ0v) is 11.9. The second-order valence-electron chi connectivity index (χ2n) is 4.18. The van der Waals surface area contributed by atoms with Crippen LogP contribution in [0.2, 0.25) is 0 Å². The van der Waals surface area contributed by atoms with Gasteiger partial charge in [-0.15, -0.1) is 11.3 Å². The molecular formula is C11H13BrN4S. The molecule has 2 aromatic rings. The van der Waals surface area contributed by atoms with Crippen LogP contribution in [0.1, 0.15) is 6.42 Å². The van der Waals surface area contributed by atoms with E-state index >= 15 is 0 Å². The number of fused-ring (bicyclic) bond motifs is 1. The molecule has 1 saturated heterocycles. The zero-order valence-electron chi connectivity index (χ0n) is 9.48. The van der Waals surface area contributed by atoms with E-state index in [9.17, 15) is 0 Å². The largest absolute Gasteiger partial charge is 0.354 e. The molecule has 17 heavy (non-hydrogen) atoms. The standard InChI is InChI=1S/C11H13BrN4S/c1-13-7-2-3-16(4-7)11-10-9(14-6-15-11)8(12)5-17-10/h5-7,13H,2-4H2,1H3/t7-/m1/s1. The summed E-state index contributed by atoms with van der Waals surface area (Å²) in [6.07, 6.45) is 2.83. The van der Waals surface area contributed by atoms with Crippen molar-refractivity contribution in [2.45, 2.75) is 12.5 Å². The minimum absolute atomic E-state index is 0.573. The van der Waals surface area contributed by atoms with Crippen LogP contribution in [0.25, 0.3) is 10.2 Å². The number of likely N-dealkylation sites (N-methyl/N-ethyl adjacent to an activating group) is 1. The molecule has 0 aliphatic carbocycles. The van der Waals surface area contributed by atoms with Crippen molar-refractivity contribution in [2.24, 2.45) is 0 Å². The quantitative estimate of drug-likeness (QED) is 0.923. The summed E-state index contributed by atoms with van der Waals surface area (Å²) < 4.78 is 2.24. The highest BCUT2D eigenvalue weighted by Gasteiger charge is 2.24. The fraction of sp³-hybridized carbons (Fsp3) is 0.455. The molecule has 1 aliphatic heterocycles. The monoisotopic (exact) mass is 312 g/mol. The van der Waals surface area contributed by atoms with Crippen LogP contribution in [-0.4, -0.2) is 36.1 Å². The van der Waals surface area contributed by atoms with Gasteiger partial charge in [0.15, 0.2) is 0 Å². The number of halogens is 1. The van der Waals surface area contributed by atoms with Gasteiger partial charge in [-0.25, -0.2) is 9.97 Å². The van der Waals surface area contributed by atoms with Crippen LogP contribution in [0.3, 0.4) is 0 Å². The smallest absolute Gasteiger partial charge is 0.150 e. The molecule has 3 heterocycles. The number of hydrogen-bond donors (Lipinski definition) is 1. The summed E-state index contributed by atoms with van der Waals surface area (Å²) >= 11 is 5.23. The first-order valence-corrected chi connectivity index (χ1v) is 7.26. The van der Waals surface area contributed by atoms with E-state index in [4.69, 9.17) is 0 Å². The summed E-state index contributed by atoms with van der Waals surface area (Å²) in [5, 5.41) is 5.40. The SMILES string of the molecule is CN[C@@H]1CCN(c2ncnc3c(Br)csc23)C1. The average molecular weight is 313 g/mol. The molecule has 0 bridgehead atoms. The predicted molar refractivity (Wildman–Crippen MR) is 74.8 cm³/mol. The van der Waals surface area contributed by atoms with E-state index in [1.165, 1.54) is 11.1 Å². The summed E-state index contributed by atoms with van der Waals surface area (Å²) in [6, 6.07) is 0.573. The van der Waals surface area contributed by atoms with E-state index in [1.54, 1.807) is 17.7 Å². The fourth-order valence-corrected chi connectivity index (χ4v) is 3.83. The number of nitrogens with one attached hydrogen (secondary N) is 1. The molecule has 0 radical (unpaired) electrons. The first kappa shape index (κ1) is 11.4. The summed E-state index contributed by atoms with van der Waals surface area (Å²) in [5.41, 5.74) is 1.02. The van der Waals surface area contributed by atoms with E-state index in [-0.39, 0.29) is 0 Å². The van der Waals surface area contributed by atoms with Gasteiger partial charge in [0.2, 0.25) is 0 Å². The van der Waals surface area contributed by atoms with Crippen molar-refractivity contribution >= 4 is 43.3 Å². The van der Waals surface area contributed by atoms with Gasteiger partial charge in [0, 0.05) is 24.5 Å². The minimum Gasteiger partial charge on any atom is -0.354 e. The Bertz CT molecular complexity index is 541. The lowest BCUT2D eigenvalue weighted by Crippen LogP contribution is -2.29. The second-order valence-corrected chi connectivity index (χ2v) is 5.91. The first-order valence-electron chi connectivity index (χ1n) is 5.59. The average Bonchev–Trinajstić information content (AvgIpc) is 2.96. The normalized spacial score (nSPS) is 20.4. The molecule has 3 rings (SSSR count). The van der Waals surface area contributed by atoms with Crippen LogP contribution in [0, 0.1) is 0 Å². The minimum atomic E-state index is 0.573. The van der Waals surface area contributed by atoms with E-state index in [0.29, 0.717) is 6.04 Å². The van der Waals surface area contributed by atoms with E-state index in [2.05, 4.69) is 41.5 Å². The molecule has 0 aromatic carbocycles. The molecule has 1 fully saturated rings. The maximum Gasteiger partial charge on any atom is 0.150 e. The van der Waals surface area contributed by atoms with Crippen molar-refractivity contribution in [2.75, 3.05) is 25.0 Å². The lowest BCUT2D eigenvalue weighted by atomic mass is 10.3. The Hall–Kier alpha value is -0.720. The number of anilines is 1. The molecule has 2 aromatic heterocycles. The van der Waals surface area contributed by atoms with Gasteiger partial charge in [-0.05, 0) is 29.4 Å². The second kappa shape index (κ2) is 4.51. The molecular weight excluding hydrogens is 300 g/mol. The zero-order chi connectivity index (χ0) is 11.8. The van der Waals surface area contributed by atoms with Gasteiger partial charge in [-0.2, -0.15) is 0 Å². The number of rotatable bonds is 2. The van der Waals surface area contributed by atoms with Gasteiger partial charge < -0.3 is 10.2 Å².